The van der Waals surface area contributed by atoms with Gasteiger partial charge in [-0.1, -0.05) is 20.8 Å². The summed E-state index contributed by atoms with van der Waals surface area (Å²) in [6.45, 7) is 13.7. The summed E-state index contributed by atoms with van der Waals surface area (Å²) in [5.41, 5.74) is 1.13. The Labute approximate surface area is 114 Å². The van der Waals surface area contributed by atoms with E-state index in [-0.39, 0.29) is 0 Å². The molecular weight excluding hydrogens is 220 g/mol. The number of rotatable bonds is 3. The Morgan fingerprint density at radius 2 is 1.89 bits per heavy atom. The molecule has 1 atom stereocenters. The summed E-state index contributed by atoms with van der Waals surface area (Å²) in [4.78, 5) is 2.76. The predicted molar refractivity (Wildman–Crippen MR) is 78.9 cm³/mol. The zero-order valence-electron chi connectivity index (χ0n) is 12.7. The van der Waals surface area contributed by atoms with Gasteiger partial charge in [0.2, 0.25) is 0 Å². The Hall–Kier alpha value is -0.0800. The fraction of sp³-hybridized carbons (Fsp3) is 1.00. The highest BCUT2D eigenvalue weighted by molar-refractivity contribution is 4.88. The molecule has 0 radical (unpaired) electrons. The highest BCUT2D eigenvalue weighted by atomic mass is 15.1. The minimum absolute atomic E-state index is 0.562. The summed E-state index contributed by atoms with van der Waals surface area (Å²) in [5, 5.41) is 3.62. The molecule has 1 unspecified atom stereocenters. The maximum Gasteiger partial charge on any atom is 0.00500 e. The van der Waals surface area contributed by atoms with E-state index in [2.05, 4.69) is 31.0 Å². The minimum Gasteiger partial charge on any atom is -0.316 e. The first-order chi connectivity index (χ1) is 8.55. The van der Waals surface area contributed by atoms with E-state index in [0.717, 1.165) is 0 Å². The van der Waals surface area contributed by atoms with Crippen molar-refractivity contribution in [1.29, 1.82) is 0 Å². The van der Waals surface area contributed by atoms with Crippen LogP contribution in [0.3, 0.4) is 0 Å². The van der Waals surface area contributed by atoms with E-state index >= 15 is 0 Å². The standard InChI is InChI=1S/C16H32N2/c1-4-16(8-5-10-17-13-16)14-18-11-6-7-15(2,3)9-12-18/h17H,4-14H2,1-3H3. The highest BCUT2D eigenvalue weighted by Gasteiger charge is 2.33. The normalized spacial score (nSPS) is 34.2. The Morgan fingerprint density at radius 3 is 2.56 bits per heavy atom. The molecule has 0 spiro atoms. The monoisotopic (exact) mass is 252 g/mol. The molecule has 2 saturated heterocycles. The summed E-state index contributed by atoms with van der Waals surface area (Å²) in [5.74, 6) is 0. The van der Waals surface area contributed by atoms with Crippen molar-refractivity contribution in [3.63, 3.8) is 0 Å². The lowest BCUT2D eigenvalue weighted by molar-refractivity contribution is 0.112. The summed E-state index contributed by atoms with van der Waals surface area (Å²) in [7, 11) is 0. The van der Waals surface area contributed by atoms with Crippen LogP contribution >= 0.6 is 0 Å². The highest BCUT2D eigenvalue weighted by Crippen LogP contribution is 2.34. The van der Waals surface area contributed by atoms with Crippen molar-refractivity contribution in [3.05, 3.63) is 0 Å². The molecule has 0 aliphatic carbocycles. The molecule has 2 fully saturated rings. The van der Waals surface area contributed by atoms with Crippen molar-refractivity contribution in [2.24, 2.45) is 10.8 Å². The van der Waals surface area contributed by atoms with Gasteiger partial charge in [-0.2, -0.15) is 0 Å². The van der Waals surface area contributed by atoms with Gasteiger partial charge in [-0.15, -0.1) is 0 Å². The van der Waals surface area contributed by atoms with Gasteiger partial charge in [0.1, 0.15) is 0 Å². The first-order valence-corrected chi connectivity index (χ1v) is 7.98. The molecule has 18 heavy (non-hydrogen) atoms. The molecule has 0 bridgehead atoms. The first-order valence-electron chi connectivity index (χ1n) is 7.98. The van der Waals surface area contributed by atoms with E-state index in [1.54, 1.807) is 0 Å². The third-order valence-corrected chi connectivity index (χ3v) is 5.30. The van der Waals surface area contributed by atoms with Crippen LogP contribution in [0.2, 0.25) is 0 Å². The Morgan fingerprint density at radius 1 is 1.06 bits per heavy atom. The van der Waals surface area contributed by atoms with Gasteiger partial charge in [-0.25, -0.2) is 0 Å². The molecule has 0 saturated carbocycles. The van der Waals surface area contributed by atoms with Crippen LogP contribution in [0.4, 0.5) is 0 Å². The molecule has 0 amide bonds. The summed E-state index contributed by atoms with van der Waals surface area (Å²) in [6.07, 6.45) is 8.30. The van der Waals surface area contributed by atoms with Crippen LogP contribution in [-0.2, 0) is 0 Å². The van der Waals surface area contributed by atoms with Gasteiger partial charge in [0.05, 0.1) is 0 Å². The molecule has 2 heteroatoms. The molecule has 2 aliphatic rings. The number of hydrogen-bond acceptors (Lipinski definition) is 2. The second-order valence-corrected chi connectivity index (χ2v) is 7.43. The van der Waals surface area contributed by atoms with Crippen molar-refractivity contribution < 1.29 is 0 Å². The van der Waals surface area contributed by atoms with Gasteiger partial charge in [0.15, 0.2) is 0 Å². The van der Waals surface area contributed by atoms with Crippen molar-refractivity contribution in [2.45, 2.75) is 59.3 Å². The lowest BCUT2D eigenvalue weighted by atomic mass is 9.78. The molecule has 0 aromatic heterocycles. The Kier molecular flexibility index (Phi) is 4.71. The van der Waals surface area contributed by atoms with Crippen molar-refractivity contribution >= 4 is 0 Å². The average molecular weight is 252 g/mol. The van der Waals surface area contributed by atoms with Crippen molar-refractivity contribution in [3.8, 4) is 0 Å². The number of piperidine rings is 1. The summed E-state index contributed by atoms with van der Waals surface area (Å²) < 4.78 is 0. The van der Waals surface area contributed by atoms with Gasteiger partial charge >= 0.3 is 0 Å². The van der Waals surface area contributed by atoms with Gasteiger partial charge in [-0.3, -0.25) is 0 Å². The van der Waals surface area contributed by atoms with Gasteiger partial charge in [-0.05, 0) is 69.0 Å². The molecule has 0 aromatic carbocycles. The van der Waals surface area contributed by atoms with E-state index in [4.69, 9.17) is 0 Å². The Balaban J connectivity index is 1.91. The van der Waals surface area contributed by atoms with Gasteiger partial charge in [0.25, 0.3) is 0 Å². The zero-order chi connectivity index (χ0) is 13.1. The second-order valence-electron chi connectivity index (χ2n) is 7.43. The second kappa shape index (κ2) is 5.92. The maximum absolute atomic E-state index is 3.62. The Bertz CT molecular complexity index is 254. The van der Waals surface area contributed by atoms with E-state index in [1.165, 1.54) is 71.2 Å². The number of nitrogens with zero attached hydrogens (tertiary/aromatic N) is 1. The van der Waals surface area contributed by atoms with Crippen LogP contribution in [0.25, 0.3) is 0 Å². The molecule has 2 heterocycles. The number of likely N-dealkylation sites (tertiary alicyclic amines) is 1. The molecule has 2 aliphatic heterocycles. The quantitative estimate of drug-likeness (QED) is 0.829. The molecule has 106 valence electrons. The minimum atomic E-state index is 0.562. The van der Waals surface area contributed by atoms with E-state index < -0.39 is 0 Å². The maximum atomic E-state index is 3.62. The van der Waals surface area contributed by atoms with Crippen LogP contribution in [0.1, 0.15) is 59.3 Å². The van der Waals surface area contributed by atoms with E-state index in [0.29, 0.717) is 10.8 Å². The fourth-order valence-electron chi connectivity index (χ4n) is 3.69. The third-order valence-electron chi connectivity index (χ3n) is 5.30. The van der Waals surface area contributed by atoms with Crippen molar-refractivity contribution in [2.75, 3.05) is 32.7 Å². The van der Waals surface area contributed by atoms with Crippen LogP contribution in [0.5, 0.6) is 0 Å². The summed E-state index contributed by atoms with van der Waals surface area (Å²) >= 11 is 0. The molecule has 2 nitrogen and oxygen atoms in total. The van der Waals surface area contributed by atoms with Crippen molar-refractivity contribution in [1.82, 2.24) is 10.2 Å². The topological polar surface area (TPSA) is 15.3 Å². The van der Waals surface area contributed by atoms with Gasteiger partial charge < -0.3 is 10.2 Å². The molecule has 2 rings (SSSR count). The smallest absolute Gasteiger partial charge is 0.00500 e. The lowest BCUT2D eigenvalue weighted by Crippen LogP contribution is -2.47. The lowest BCUT2D eigenvalue weighted by Gasteiger charge is -2.41. The van der Waals surface area contributed by atoms with Crippen LogP contribution < -0.4 is 5.32 Å². The van der Waals surface area contributed by atoms with Crippen LogP contribution in [0.15, 0.2) is 0 Å². The average Bonchev–Trinajstić information content (AvgIpc) is 2.52. The third kappa shape index (κ3) is 3.71. The van der Waals surface area contributed by atoms with Crippen LogP contribution in [0, 0.1) is 10.8 Å². The SMILES string of the molecule is CCC1(CN2CCCC(C)(C)CC2)CCCNC1. The van der Waals surface area contributed by atoms with Gasteiger partial charge in [0, 0.05) is 13.1 Å². The van der Waals surface area contributed by atoms with E-state index in [9.17, 15) is 0 Å². The van der Waals surface area contributed by atoms with E-state index in [1.807, 2.05) is 0 Å². The zero-order valence-corrected chi connectivity index (χ0v) is 12.7. The molecular formula is C16H32N2. The van der Waals surface area contributed by atoms with Crippen LogP contribution in [-0.4, -0.2) is 37.6 Å². The molecule has 1 N–H and O–H groups in total. The first kappa shape index (κ1) is 14.3. The summed E-state index contributed by atoms with van der Waals surface area (Å²) in [6, 6.07) is 0. The number of nitrogens with one attached hydrogen (secondary N) is 1. The number of hydrogen-bond donors (Lipinski definition) is 1. The predicted octanol–water partition coefficient (Wildman–Crippen LogP) is 3.28. The molecule has 0 aromatic rings. The largest absolute Gasteiger partial charge is 0.316 e. The fourth-order valence-corrected chi connectivity index (χ4v) is 3.69.